The molecule has 2 amide bonds. The second-order valence-electron chi connectivity index (χ2n) is 6.71. The molecule has 122 valence electrons. The van der Waals surface area contributed by atoms with E-state index in [1.165, 1.54) is 12.8 Å². The van der Waals surface area contributed by atoms with E-state index in [-0.39, 0.29) is 12.1 Å². The van der Waals surface area contributed by atoms with Gasteiger partial charge in [-0.1, -0.05) is 19.3 Å². The zero-order chi connectivity index (χ0) is 15.1. The van der Waals surface area contributed by atoms with E-state index in [1.54, 1.807) is 0 Å². The molecule has 0 aromatic rings. The van der Waals surface area contributed by atoms with Gasteiger partial charge in [0, 0.05) is 25.7 Å². The fourth-order valence-corrected chi connectivity index (χ4v) is 3.57. The number of likely N-dealkylation sites (tertiary alicyclic amines) is 1. The fourth-order valence-electron chi connectivity index (χ4n) is 3.57. The molecule has 2 rings (SSSR count). The van der Waals surface area contributed by atoms with Crippen LogP contribution in [0.3, 0.4) is 0 Å². The predicted octanol–water partition coefficient (Wildman–Crippen LogP) is 1.86. The van der Waals surface area contributed by atoms with E-state index < -0.39 is 5.60 Å². The van der Waals surface area contributed by atoms with Crippen LogP contribution >= 0.6 is 0 Å². The van der Waals surface area contributed by atoms with Crippen molar-refractivity contribution in [3.05, 3.63) is 0 Å². The van der Waals surface area contributed by atoms with Crippen LogP contribution in [0.5, 0.6) is 0 Å². The maximum Gasteiger partial charge on any atom is 0.317 e. The van der Waals surface area contributed by atoms with Crippen molar-refractivity contribution in [1.29, 1.82) is 0 Å². The highest BCUT2D eigenvalue weighted by Gasteiger charge is 2.31. The highest BCUT2D eigenvalue weighted by Crippen LogP contribution is 2.31. The zero-order valence-electron chi connectivity index (χ0n) is 13.4. The van der Waals surface area contributed by atoms with Crippen LogP contribution in [-0.2, 0) is 0 Å². The maximum absolute atomic E-state index is 12.1. The normalized spacial score (nSPS) is 23.6. The Morgan fingerprint density at radius 2 is 1.76 bits per heavy atom. The SMILES string of the molecule is CN[C@H](CNC(=O)N1CCCCC1)CC1(O)CCCCC1. The van der Waals surface area contributed by atoms with E-state index >= 15 is 0 Å². The van der Waals surface area contributed by atoms with E-state index in [0.717, 1.165) is 58.0 Å². The Bertz CT molecular complexity index is 323. The third-order valence-electron chi connectivity index (χ3n) is 4.96. The first-order valence-corrected chi connectivity index (χ1v) is 8.55. The Morgan fingerprint density at radius 3 is 2.38 bits per heavy atom. The van der Waals surface area contributed by atoms with Gasteiger partial charge in [-0.3, -0.25) is 0 Å². The molecule has 2 fully saturated rings. The van der Waals surface area contributed by atoms with Crippen molar-refractivity contribution >= 4 is 6.03 Å². The fraction of sp³-hybridized carbons (Fsp3) is 0.938. The molecule has 0 spiro atoms. The van der Waals surface area contributed by atoms with Gasteiger partial charge < -0.3 is 20.6 Å². The molecule has 0 unspecified atom stereocenters. The monoisotopic (exact) mass is 297 g/mol. The Kier molecular flexibility index (Phi) is 6.30. The molecule has 21 heavy (non-hydrogen) atoms. The van der Waals surface area contributed by atoms with Crippen LogP contribution in [-0.4, -0.2) is 54.4 Å². The van der Waals surface area contributed by atoms with Crippen molar-refractivity contribution in [1.82, 2.24) is 15.5 Å². The summed E-state index contributed by atoms with van der Waals surface area (Å²) in [5, 5.41) is 16.9. The van der Waals surface area contributed by atoms with Crippen LogP contribution in [0, 0.1) is 0 Å². The zero-order valence-corrected chi connectivity index (χ0v) is 13.4. The quantitative estimate of drug-likeness (QED) is 0.726. The van der Waals surface area contributed by atoms with E-state index in [9.17, 15) is 9.90 Å². The molecule has 1 aliphatic carbocycles. The van der Waals surface area contributed by atoms with Crippen LogP contribution in [0.1, 0.15) is 57.8 Å². The molecule has 1 atom stereocenters. The third-order valence-corrected chi connectivity index (χ3v) is 4.96. The lowest BCUT2D eigenvalue weighted by Gasteiger charge is -2.35. The minimum absolute atomic E-state index is 0.0468. The number of carbonyl (C=O) groups is 1. The molecular weight excluding hydrogens is 266 g/mol. The summed E-state index contributed by atoms with van der Waals surface area (Å²) in [5.74, 6) is 0. The second kappa shape index (κ2) is 7.99. The van der Waals surface area contributed by atoms with Crippen molar-refractivity contribution in [2.24, 2.45) is 0 Å². The number of hydrogen-bond acceptors (Lipinski definition) is 3. The van der Waals surface area contributed by atoms with Crippen LogP contribution < -0.4 is 10.6 Å². The molecule has 5 nitrogen and oxygen atoms in total. The lowest BCUT2D eigenvalue weighted by molar-refractivity contribution is -0.0115. The van der Waals surface area contributed by atoms with Gasteiger partial charge in [0.15, 0.2) is 0 Å². The number of aliphatic hydroxyl groups is 1. The second-order valence-corrected chi connectivity index (χ2v) is 6.71. The summed E-state index contributed by atoms with van der Waals surface area (Å²) in [7, 11) is 1.91. The van der Waals surface area contributed by atoms with Crippen LogP contribution in [0.15, 0.2) is 0 Å². The molecular formula is C16H31N3O2. The van der Waals surface area contributed by atoms with Crippen LogP contribution in [0.2, 0.25) is 0 Å². The molecule has 0 radical (unpaired) electrons. The largest absolute Gasteiger partial charge is 0.390 e. The average molecular weight is 297 g/mol. The summed E-state index contributed by atoms with van der Waals surface area (Å²) in [6.45, 7) is 2.34. The van der Waals surface area contributed by atoms with E-state index in [0.29, 0.717) is 6.54 Å². The number of hydrogen-bond donors (Lipinski definition) is 3. The molecule has 1 saturated carbocycles. The van der Waals surface area contributed by atoms with Crippen molar-refractivity contribution < 1.29 is 9.90 Å². The van der Waals surface area contributed by atoms with E-state index in [2.05, 4.69) is 10.6 Å². The molecule has 0 aromatic heterocycles. The van der Waals surface area contributed by atoms with Crippen molar-refractivity contribution in [2.45, 2.75) is 69.4 Å². The molecule has 0 bridgehead atoms. The number of piperidine rings is 1. The molecule has 2 aliphatic rings. The first-order valence-electron chi connectivity index (χ1n) is 8.55. The number of amides is 2. The minimum Gasteiger partial charge on any atom is -0.390 e. The van der Waals surface area contributed by atoms with Crippen LogP contribution in [0.4, 0.5) is 4.79 Å². The van der Waals surface area contributed by atoms with Crippen molar-refractivity contribution in [3.63, 3.8) is 0 Å². The molecule has 5 heteroatoms. The summed E-state index contributed by atoms with van der Waals surface area (Å²) in [6.07, 6.45) is 9.44. The highest BCUT2D eigenvalue weighted by atomic mass is 16.3. The Labute approximate surface area is 128 Å². The van der Waals surface area contributed by atoms with Gasteiger partial charge >= 0.3 is 6.03 Å². The summed E-state index contributed by atoms with van der Waals surface area (Å²) < 4.78 is 0. The van der Waals surface area contributed by atoms with E-state index in [4.69, 9.17) is 0 Å². The Morgan fingerprint density at radius 1 is 1.14 bits per heavy atom. The third kappa shape index (κ3) is 5.15. The number of rotatable bonds is 5. The maximum atomic E-state index is 12.1. The predicted molar refractivity (Wildman–Crippen MR) is 84.3 cm³/mol. The molecule has 0 aromatic carbocycles. The van der Waals surface area contributed by atoms with Gasteiger partial charge in [0.25, 0.3) is 0 Å². The summed E-state index contributed by atoms with van der Waals surface area (Å²) in [6, 6.07) is 0.187. The van der Waals surface area contributed by atoms with E-state index in [1.807, 2.05) is 11.9 Å². The van der Waals surface area contributed by atoms with Crippen LogP contribution in [0.25, 0.3) is 0 Å². The average Bonchev–Trinajstić information content (AvgIpc) is 2.52. The smallest absolute Gasteiger partial charge is 0.317 e. The van der Waals surface area contributed by atoms with Crippen molar-refractivity contribution in [2.75, 3.05) is 26.7 Å². The minimum atomic E-state index is -0.540. The van der Waals surface area contributed by atoms with Gasteiger partial charge in [0.1, 0.15) is 0 Å². The molecule has 1 saturated heterocycles. The van der Waals surface area contributed by atoms with Gasteiger partial charge in [0.05, 0.1) is 5.60 Å². The summed E-state index contributed by atoms with van der Waals surface area (Å²) in [5.41, 5.74) is -0.540. The topological polar surface area (TPSA) is 64.6 Å². The summed E-state index contributed by atoms with van der Waals surface area (Å²) in [4.78, 5) is 14.0. The number of carbonyl (C=O) groups excluding carboxylic acids is 1. The van der Waals surface area contributed by atoms with Gasteiger partial charge in [-0.15, -0.1) is 0 Å². The molecule has 1 heterocycles. The first-order chi connectivity index (χ1) is 10.1. The van der Waals surface area contributed by atoms with Gasteiger partial charge in [-0.05, 0) is 45.6 Å². The first kappa shape index (κ1) is 16.6. The van der Waals surface area contributed by atoms with Gasteiger partial charge in [-0.2, -0.15) is 0 Å². The molecule has 3 N–H and O–H groups in total. The van der Waals surface area contributed by atoms with Crippen molar-refractivity contribution in [3.8, 4) is 0 Å². The van der Waals surface area contributed by atoms with Gasteiger partial charge in [0.2, 0.25) is 0 Å². The number of nitrogens with one attached hydrogen (secondary N) is 2. The van der Waals surface area contributed by atoms with Gasteiger partial charge in [-0.25, -0.2) is 4.79 Å². The highest BCUT2D eigenvalue weighted by molar-refractivity contribution is 5.74. The lowest BCUT2D eigenvalue weighted by Crippen LogP contribution is -2.49. The molecule has 1 aliphatic heterocycles. The number of likely N-dealkylation sites (N-methyl/N-ethyl adjacent to an activating group) is 1. The lowest BCUT2D eigenvalue weighted by atomic mass is 9.80. The summed E-state index contributed by atoms with van der Waals surface area (Å²) >= 11 is 0. The number of nitrogens with zero attached hydrogens (tertiary/aromatic N) is 1. The standard InChI is InChI=1S/C16H31N3O2/c1-17-14(12-16(21)8-4-2-5-9-16)13-18-15(20)19-10-6-3-7-11-19/h14,17,21H,2-13H2,1H3,(H,18,20)/t14-/m0/s1. The Hall–Kier alpha value is -0.810. The Balaban J connectivity index is 1.74. The number of urea groups is 1.